The lowest BCUT2D eigenvalue weighted by molar-refractivity contribution is -0.144. The van der Waals surface area contributed by atoms with Crippen molar-refractivity contribution in [1.82, 2.24) is 10.6 Å². The maximum absolute atomic E-state index is 12.6. The Morgan fingerprint density at radius 3 is 2.74 bits per heavy atom. The van der Waals surface area contributed by atoms with E-state index in [2.05, 4.69) is 10.6 Å². The van der Waals surface area contributed by atoms with Crippen LogP contribution in [0.25, 0.3) is 0 Å². The highest BCUT2D eigenvalue weighted by atomic mass is 16.5. The van der Waals surface area contributed by atoms with Crippen LogP contribution in [0.4, 0.5) is 4.79 Å². The molecule has 1 fully saturated rings. The number of aromatic hydroxyl groups is 1. The highest BCUT2D eigenvalue weighted by Crippen LogP contribution is 2.31. The zero-order chi connectivity index (χ0) is 16.4. The van der Waals surface area contributed by atoms with E-state index in [1.54, 1.807) is 25.1 Å². The average molecular weight is 316 g/mol. The van der Waals surface area contributed by atoms with E-state index >= 15 is 0 Å². The van der Waals surface area contributed by atoms with E-state index < -0.39 is 12.0 Å². The van der Waals surface area contributed by atoms with Crippen LogP contribution in [0.2, 0.25) is 0 Å². The molecule has 3 N–H and O–H groups in total. The third-order valence-electron chi connectivity index (χ3n) is 4.27. The number of nitrogens with one attached hydrogen (secondary N) is 2. The molecule has 1 heterocycles. The number of rotatable bonds is 3. The minimum absolute atomic E-state index is 0.0507. The summed E-state index contributed by atoms with van der Waals surface area (Å²) in [5.41, 5.74) is 1.49. The normalized spacial score (nSPS) is 21.8. The Hall–Kier alpha value is -2.50. The molecular weight excluding hydrogens is 296 g/mol. The zero-order valence-corrected chi connectivity index (χ0v) is 13.0. The summed E-state index contributed by atoms with van der Waals surface area (Å²) in [5.74, 6) is -0.341. The quantitative estimate of drug-likeness (QED) is 0.748. The van der Waals surface area contributed by atoms with Crippen LogP contribution >= 0.6 is 0 Å². The third-order valence-corrected chi connectivity index (χ3v) is 4.27. The van der Waals surface area contributed by atoms with E-state index in [9.17, 15) is 14.7 Å². The fourth-order valence-electron chi connectivity index (χ4n) is 3.14. The first-order valence-corrected chi connectivity index (χ1v) is 7.83. The first-order chi connectivity index (χ1) is 11.0. The Bertz CT molecular complexity index is 662. The molecule has 23 heavy (non-hydrogen) atoms. The molecule has 3 rings (SSSR count). The first kappa shape index (κ1) is 15.4. The summed E-state index contributed by atoms with van der Waals surface area (Å²) in [6, 6.07) is 5.49. The lowest BCUT2D eigenvalue weighted by Gasteiger charge is -2.29. The van der Waals surface area contributed by atoms with Crippen LogP contribution in [-0.4, -0.2) is 23.2 Å². The van der Waals surface area contributed by atoms with Gasteiger partial charge in [0.25, 0.3) is 0 Å². The van der Waals surface area contributed by atoms with Gasteiger partial charge in [-0.3, -0.25) is 0 Å². The van der Waals surface area contributed by atoms with Gasteiger partial charge in [0, 0.05) is 5.70 Å². The summed E-state index contributed by atoms with van der Waals surface area (Å²) in [6.45, 7) is 1.68. The third kappa shape index (κ3) is 3.31. The molecule has 1 aromatic rings. The number of phenols is 1. The van der Waals surface area contributed by atoms with Crippen molar-refractivity contribution < 1.29 is 19.4 Å². The van der Waals surface area contributed by atoms with Crippen molar-refractivity contribution in [2.45, 2.75) is 44.8 Å². The van der Waals surface area contributed by atoms with Gasteiger partial charge < -0.3 is 20.5 Å². The van der Waals surface area contributed by atoms with E-state index in [0.717, 1.165) is 25.7 Å². The van der Waals surface area contributed by atoms with Crippen molar-refractivity contribution in [1.29, 1.82) is 0 Å². The van der Waals surface area contributed by atoms with Crippen LogP contribution in [0.3, 0.4) is 0 Å². The predicted molar refractivity (Wildman–Crippen MR) is 83.6 cm³/mol. The Balaban J connectivity index is 1.90. The van der Waals surface area contributed by atoms with Crippen molar-refractivity contribution in [3.63, 3.8) is 0 Å². The molecule has 6 heteroatoms. The number of hydrogen-bond donors (Lipinski definition) is 3. The Morgan fingerprint density at radius 1 is 1.30 bits per heavy atom. The van der Waals surface area contributed by atoms with Crippen LogP contribution in [0, 0.1) is 0 Å². The second kappa shape index (κ2) is 6.32. The minimum atomic E-state index is -0.634. The summed E-state index contributed by atoms with van der Waals surface area (Å²) in [5, 5.41) is 15.0. The zero-order valence-electron chi connectivity index (χ0n) is 13.0. The molecule has 0 radical (unpaired) electrons. The summed E-state index contributed by atoms with van der Waals surface area (Å²) in [4.78, 5) is 24.4. The Kier molecular flexibility index (Phi) is 4.23. The number of carbonyl (C=O) groups excluding carboxylic acids is 2. The SMILES string of the molecule is CC1=C(C(=O)OC2CCCC2)C(c2cccc(O)c2)NC(=O)N1. The molecule has 1 unspecified atom stereocenters. The van der Waals surface area contributed by atoms with Crippen LogP contribution in [0.5, 0.6) is 5.75 Å². The number of urea groups is 1. The lowest BCUT2D eigenvalue weighted by atomic mass is 9.95. The minimum Gasteiger partial charge on any atom is -0.508 e. The molecule has 2 amide bonds. The van der Waals surface area contributed by atoms with Gasteiger partial charge in [-0.1, -0.05) is 12.1 Å². The van der Waals surface area contributed by atoms with Crippen LogP contribution in [0.1, 0.15) is 44.2 Å². The van der Waals surface area contributed by atoms with E-state index in [-0.39, 0.29) is 17.9 Å². The van der Waals surface area contributed by atoms with Crippen molar-refractivity contribution in [2.75, 3.05) is 0 Å². The van der Waals surface area contributed by atoms with Gasteiger partial charge in [-0.05, 0) is 50.3 Å². The van der Waals surface area contributed by atoms with Gasteiger partial charge in [-0.25, -0.2) is 9.59 Å². The molecule has 1 aliphatic heterocycles. The molecule has 0 spiro atoms. The molecule has 0 saturated heterocycles. The van der Waals surface area contributed by atoms with Gasteiger partial charge >= 0.3 is 12.0 Å². The van der Waals surface area contributed by atoms with Crippen molar-refractivity contribution in [3.8, 4) is 5.75 Å². The van der Waals surface area contributed by atoms with E-state index in [0.29, 0.717) is 16.8 Å². The summed E-state index contributed by atoms with van der Waals surface area (Å²) in [6.07, 6.45) is 3.86. The molecule has 6 nitrogen and oxygen atoms in total. The van der Waals surface area contributed by atoms with E-state index in [1.165, 1.54) is 6.07 Å². The number of amides is 2. The number of allylic oxidation sites excluding steroid dienone is 1. The molecule has 1 atom stereocenters. The monoisotopic (exact) mass is 316 g/mol. The average Bonchev–Trinajstić information content (AvgIpc) is 2.99. The summed E-state index contributed by atoms with van der Waals surface area (Å²) in [7, 11) is 0. The van der Waals surface area contributed by atoms with Gasteiger partial charge in [-0.15, -0.1) is 0 Å². The van der Waals surface area contributed by atoms with Crippen LogP contribution in [0.15, 0.2) is 35.5 Å². The maximum Gasteiger partial charge on any atom is 0.338 e. The number of carbonyl (C=O) groups is 2. The molecular formula is C17H20N2O4. The fourth-order valence-corrected chi connectivity index (χ4v) is 3.14. The highest BCUT2D eigenvalue weighted by Gasteiger charge is 2.33. The van der Waals surface area contributed by atoms with E-state index in [1.807, 2.05) is 0 Å². The Morgan fingerprint density at radius 2 is 2.04 bits per heavy atom. The smallest absolute Gasteiger partial charge is 0.338 e. The predicted octanol–water partition coefficient (Wildman–Crippen LogP) is 2.51. The number of esters is 1. The van der Waals surface area contributed by atoms with Crippen molar-refractivity contribution in [2.24, 2.45) is 0 Å². The summed E-state index contributed by atoms with van der Waals surface area (Å²) < 4.78 is 5.59. The number of ether oxygens (including phenoxy) is 1. The van der Waals surface area contributed by atoms with Gasteiger partial charge in [0.15, 0.2) is 0 Å². The second-order valence-corrected chi connectivity index (χ2v) is 5.98. The van der Waals surface area contributed by atoms with Gasteiger partial charge in [0.05, 0.1) is 11.6 Å². The maximum atomic E-state index is 12.6. The van der Waals surface area contributed by atoms with Gasteiger partial charge in [-0.2, -0.15) is 0 Å². The molecule has 1 saturated carbocycles. The molecule has 2 aliphatic rings. The molecule has 1 aliphatic carbocycles. The standard InChI is InChI=1S/C17H20N2O4/c1-10-14(16(21)23-13-7-2-3-8-13)15(19-17(22)18-10)11-5-4-6-12(20)9-11/h4-6,9,13,15,20H,2-3,7-8H2,1H3,(H2,18,19,22). The van der Waals surface area contributed by atoms with E-state index in [4.69, 9.17) is 4.74 Å². The van der Waals surface area contributed by atoms with Crippen molar-refractivity contribution in [3.05, 3.63) is 41.1 Å². The van der Waals surface area contributed by atoms with Gasteiger partial charge in [0.1, 0.15) is 11.9 Å². The largest absolute Gasteiger partial charge is 0.508 e. The number of benzene rings is 1. The molecule has 0 bridgehead atoms. The Labute approximate surface area is 134 Å². The van der Waals surface area contributed by atoms with Crippen LogP contribution < -0.4 is 10.6 Å². The molecule has 1 aromatic carbocycles. The van der Waals surface area contributed by atoms with Gasteiger partial charge in [0.2, 0.25) is 0 Å². The molecule has 122 valence electrons. The second-order valence-electron chi connectivity index (χ2n) is 5.98. The lowest BCUT2D eigenvalue weighted by Crippen LogP contribution is -2.45. The number of hydrogen-bond acceptors (Lipinski definition) is 4. The molecule has 0 aromatic heterocycles. The van der Waals surface area contributed by atoms with Crippen molar-refractivity contribution >= 4 is 12.0 Å². The first-order valence-electron chi connectivity index (χ1n) is 7.83. The topological polar surface area (TPSA) is 87.7 Å². The van der Waals surface area contributed by atoms with Crippen LogP contribution in [-0.2, 0) is 9.53 Å². The summed E-state index contributed by atoms with van der Waals surface area (Å²) >= 11 is 0. The number of phenolic OH excluding ortho intramolecular Hbond substituents is 1. The highest BCUT2D eigenvalue weighted by molar-refractivity contribution is 5.95. The fraction of sp³-hybridized carbons (Fsp3) is 0.412.